The van der Waals surface area contributed by atoms with Crippen LogP contribution in [0.1, 0.15) is 10.4 Å². The number of hydrogen-bond donors (Lipinski definition) is 1. The third kappa shape index (κ3) is 1.69. The first kappa shape index (κ1) is 10.6. The van der Waals surface area contributed by atoms with Crippen molar-refractivity contribution in [1.82, 2.24) is 0 Å². The molecule has 0 fully saturated rings. The summed E-state index contributed by atoms with van der Waals surface area (Å²) in [6.07, 6.45) is 0. The van der Waals surface area contributed by atoms with Gasteiger partial charge in [-0.15, -0.1) is 11.3 Å². The highest BCUT2D eigenvalue weighted by molar-refractivity contribution is 7.10. The summed E-state index contributed by atoms with van der Waals surface area (Å²) in [5.41, 5.74) is 9.33. The number of fused-ring (bicyclic) bond motifs is 1. The molecular weight excluding hydrogens is 234 g/mol. The Hall–Kier alpha value is -1.52. The first-order valence-corrected chi connectivity index (χ1v) is 6.34. The lowest BCUT2D eigenvalue weighted by Gasteiger charge is -2.05. The van der Waals surface area contributed by atoms with Crippen LogP contribution in [0.5, 0.6) is 11.5 Å². The maximum absolute atomic E-state index is 5.76. The topological polar surface area (TPSA) is 44.5 Å². The van der Waals surface area contributed by atoms with Crippen LogP contribution in [0.15, 0.2) is 23.6 Å². The lowest BCUT2D eigenvalue weighted by molar-refractivity contribution is 0.174. The smallest absolute Gasteiger partial charge is 0.231 e. The highest BCUT2D eigenvalue weighted by atomic mass is 32.1. The summed E-state index contributed by atoms with van der Waals surface area (Å²) in [6.45, 7) is 2.99. The van der Waals surface area contributed by atoms with Gasteiger partial charge < -0.3 is 15.2 Å². The molecule has 2 N–H and O–H groups in total. The number of benzene rings is 1. The number of nitrogens with two attached hydrogens (primary N) is 1. The summed E-state index contributed by atoms with van der Waals surface area (Å²) in [6, 6.07) is 6.04. The molecule has 0 spiro atoms. The molecule has 0 saturated carbocycles. The van der Waals surface area contributed by atoms with Crippen LogP contribution >= 0.6 is 11.3 Å². The van der Waals surface area contributed by atoms with Gasteiger partial charge in [0.15, 0.2) is 11.5 Å². The number of hydrogen-bond acceptors (Lipinski definition) is 4. The fourth-order valence-electron chi connectivity index (χ4n) is 2.09. The Labute approximate surface area is 104 Å². The van der Waals surface area contributed by atoms with E-state index in [-0.39, 0.29) is 0 Å². The van der Waals surface area contributed by atoms with Crippen molar-refractivity contribution in [3.8, 4) is 22.6 Å². The van der Waals surface area contributed by atoms with Crippen molar-refractivity contribution in [2.45, 2.75) is 13.5 Å². The van der Waals surface area contributed by atoms with Crippen molar-refractivity contribution in [3.05, 3.63) is 34.0 Å². The molecule has 3 rings (SSSR count). The average Bonchev–Trinajstić information content (AvgIpc) is 2.93. The van der Waals surface area contributed by atoms with Crippen molar-refractivity contribution in [2.75, 3.05) is 6.79 Å². The molecular formula is C13H13NO2S. The van der Waals surface area contributed by atoms with E-state index in [4.69, 9.17) is 15.2 Å². The summed E-state index contributed by atoms with van der Waals surface area (Å²) in [5, 5.41) is 2.12. The SMILES string of the molecule is Cc1scc(CN)c1-c1ccc2c(c1)OCO2. The standard InChI is InChI=1S/C13H13NO2S/c1-8-13(10(5-14)6-17-8)9-2-3-11-12(4-9)16-7-15-11/h2-4,6H,5,7,14H2,1H3. The van der Waals surface area contributed by atoms with E-state index in [0.717, 1.165) is 17.1 Å². The zero-order chi connectivity index (χ0) is 11.8. The summed E-state index contributed by atoms with van der Waals surface area (Å²) >= 11 is 1.73. The zero-order valence-electron chi connectivity index (χ0n) is 9.53. The fourth-order valence-corrected chi connectivity index (χ4v) is 2.99. The Morgan fingerprint density at radius 1 is 1.29 bits per heavy atom. The molecule has 1 aliphatic rings. The molecule has 0 saturated heterocycles. The summed E-state index contributed by atoms with van der Waals surface area (Å²) in [5.74, 6) is 1.63. The molecule has 0 radical (unpaired) electrons. The molecule has 4 heteroatoms. The monoisotopic (exact) mass is 247 g/mol. The maximum Gasteiger partial charge on any atom is 0.231 e. The van der Waals surface area contributed by atoms with Gasteiger partial charge in [0.2, 0.25) is 6.79 Å². The molecule has 1 aromatic carbocycles. The van der Waals surface area contributed by atoms with Crippen LogP contribution in [-0.4, -0.2) is 6.79 Å². The van der Waals surface area contributed by atoms with Gasteiger partial charge in [0.05, 0.1) is 0 Å². The van der Waals surface area contributed by atoms with E-state index in [2.05, 4.69) is 18.4 Å². The lowest BCUT2D eigenvalue weighted by Crippen LogP contribution is -1.96. The second-order valence-corrected chi connectivity index (χ2v) is 5.05. The Kier molecular flexibility index (Phi) is 2.53. The van der Waals surface area contributed by atoms with Crippen molar-refractivity contribution < 1.29 is 9.47 Å². The number of aryl methyl sites for hydroxylation is 1. The van der Waals surface area contributed by atoms with Crippen molar-refractivity contribution >= 4 is 11.3 Å². The minimum atomic E-state index is 0.311. The Morgan fingerprint density at radius 3 is 2.94 bits per heavy atom. The van der Waals surface area contributed by atoms with E-state index in [1.165, 1.54) is 16.0 Å². The minimum Gasteiger partial charge on any atom is -0.454 e. The molecule has 0 amide bonds. The molecule has 1 aromatic heterocycles. The van der Waals surface area contributed by atoms with E-state index >= 15 is 0 Å². The lowest BCUT2D eigenvalue weighted by atomic mass is 10.0. The second-order valence-electron chi connectivity index (χ2n) is 3.96. The number of thiophene rings is 1. The molecule has 0 atom stereocenters. The third-order valence-corrected chi connectivity index (χ3v) is 3.89. The second kappa shape index (κ2) is 4.05. The van der Waals surface area contributed by atoms with Gasteiger partial charge in [0.1, 0.15) is 0 Å². The van der Waals surface area contributed by atoms with Crippen molar-refractivity contribution in [2.24, 2.45) is 5.73 Å². The van der Waals surface area contributed by atoms with Gasteiger partial charge in [0.25, 0.3) is 0 Å². The summed E-state index contributed by atoms with van der Waals surface area (Å²) in [7, 11) is 0. The van der Waals surface area contributed by atoms with Crippen LogP contribution in [-0.2, 0) is 6.54 Å². The van der Waals surface area contributed by atoms with Gasteiger partial charge in [-0.2, -0.15) is 0 Å². The molecule has 0 aliphatic carbocycles. The summed E-state index contributed by atoms with van der Waals surface area (Å²) in [4.78, 5) is 1.28. The molecule has 2 heterocycles. The molecule has 1 aliphatic heterocycles. The van der Waals surface area contributed by atoms with Gasteiger partial charge in [0, 0.05) is 11.4 Å². The summed E-state index contributed by atoms with van der Waals surface area (Å²) < 4.78 is 10.7. The first-order valence-electron chi connectivity index (χ1n) is 5.46. The van der Waals surface area contributed by atoms with Crippen LogP contribution in [0.3, 0.4) is 0 Å². The van der Waals surface area contributed by atoms with Crippen LogP contribution in [0, 0.1) is 6.92 Å². The van der Waals surface area contributed by atoms with Crippen LogP contribution in [0.2, 0.25) is 0 Å². The molecule has 2 aromatic rings. The van der Waals surface area contributed by atoms with Gasteiger partial charge in [-0.05, 0) is 41.1 Å². The maximum atomic E-state index is 5.76. The molecule has 0 unspecified atom stereocenters. The van der Waals surface area contributed by atoms with Gasteiger partial charge >= 0.3 is 0 Å². The van der Waals surface area contributed by atoms with Crippen LogP contribution in [0.4, 0.5) is 0 Å². The van der Waals surface area contributed by atoms with Crippen molar-refractivity contribution in [3.63, 3.8) is 0 Å². The Balaban J connectivity index is 2.12. The molecule has 88 valence electrons. The van der Waals surface area contributed by atoms with E-state index < -0.39 is 0 Å². The molecule has 17 heavy (non-hydrogen) atoms. The zero-order valence-corrected chi connectivity index (χ0v) is 10.3. The predicted octanol–water partition coefficient (Wildman–Crippen LogP) is 2.91. The Morgan fingerprint density at radius 2 is 2.12 bits per heavy atom. The van der Waals surface area contributed by atoms with Gasteiger partial charge in [-0.3, -0.25) is 0 Å². The normalized spacial score (nSPS) is 13.1. The van der Waals surface area contributed by atoms with Gasteiger partial charge in [-0.25, -0.2) is 0 Å². The Bertz CT molecular complexity index is 563. The fraction of sp³-hybridized carbons (Fsp3) is 0.231. The van der Waals surface area contributed by atoms with E-state index in [1.807, 2.05) is 12.1 Å². The first-order chi connectivity index (χ1) is 8.29. The van der Waals surface area contributed by atoms with E-state index in [9.17, 15) is 0 Å². The van der Waals surface area contributed by atoms with E-state index in [0.29, 0.717) is 13.3 Å². The highest BCUT2D eigenvalue weighted by Crippen LogP contribution is 2.39. The van der Waals surface area contributed by atoms with Crippen molar-refractivity contribution in [1.29, 1.82) is 0 Å². The average molecular weight is 247 g/mol. The highest BCUT2D eigenvalue weighted by Gasteiger charge is 2.16. The minimum absolute atomic E-state index is 0.311. The van der Waals surface area contributed by atoms with Gasteiger partial charge in [-0.1, -0.05) is 6.07 Å². The quantitative estimate of drug-likeness (QED) is 0.887. The predicted molar refractivity (Wildman–Crippen MR) is 68.5 cm³/mol. The molecule has 3 nitrogen and oxygen atoms in total. The van der Waals surface area contributed by atoms with Crippen LogP contribution in [0.25, 0.3) is 11.1 Å². The van der Waals surface area contributed by atoms with E-state index in [1.54, 1.807) is 11.3 Å². The molecule has 0 bridgehead atoms. The largest absolute Gasteiger partial charge is 0.454 e. The third-order valence-electron chi connectivity index (χ3n) is 2.93. The number of rotatable bonds is 2. The number of ether oxygens (including phenoxy) is 2. The van der Waals surface area contributed by atoms with Crippen LogP contribution < -0.4 is 15.2 Å².